The number of rotatable bonds is 4. The molecule has 2 amide bonds. The Labute approximate surface area is 130 Å². The van der Waals surface area contributed by atoms with E-state index in [2.05, 4.69) is 10.6 Å². The molecule has 2 N–H and O–H groups in total. The summed E-state index contributed by atoms with van der Waals surface area (Å²) in [5.74, 6) is -0.210. The Hall–Kier alpha value is -2.62. The standard InChI is InChI=1S/C18H20N2O2/c1-4-17(21)19-14-6-5-7-15(11-14)20-18(22)16-10-12(2)8-9-13(16)3/h5-11H,4H2,1-3H3,(H,19,21)(H,20,22). The van der Waals surface area contributed by atoms with E-state index in [1.807, 2.05) is 32.0 Å². The highest BCUT2D eigenvalue weighted by Gasteiger charge is 2.10. The first-order valence-electron chi connectivity index (χ1n) is 7.28. The number of hydrogen-bond donors (Lipinski definition) is 2. The van der Waals surface area contributed by atoms with Crippen molar-refractivity contribution in [2.75, 3.05) is 10.6 Å². The summed E-state index contributed by atoms with van der Waals surface area (Å²) < 4.78 is 0. The summed E-state index contributed by atoms with van der Waals surface area (Å²) in [7, 11) is 0. The number of anilines is 2. The Balaban J connectivity index is 2.16. The maximum absolute atomic E-state index is 12.4. The third-order valence-corrected chi connectivity index (χ3v) is 3.36. The van der Waals surface area contributed by atoms with Crippen molar-refractivity contribution >= 4 is 23.2 Å². The van der Waals surface area contributed by atoms with Gasteiger partial charge in [-0.1, -0.05) is 30.7 Å². The third kappa shape index (κ3) is 3.95. The minimum atomic E-state index is -0.153. The fourth-order valence-electron chi connectivity index (χ4n) is 2.10. The van der Waals surface area contributed by atoms with E-state index in [0.29, 0.717) is 23.4 Å². The average Bonchev–Trinajstić information content (AvgIpc) is 2.49. The lowest BCUT2D eigenvalue weighted by atomic mass is 10.0. The second-order valence-corrected chi connectivity index (χ2v) is 5.26. The van der Waals surface area contributed by atoms with Gasteiger partial charge in [-0.25, -0.2) is 0 Å². The molecule has 4 nitrogen and oxygen atoms in total. The number of benzene rings is 2. The Kier molecular flexibility index (Phi) is 4.94. The first kappa shape index (κ1) is 15.8. The molecule has 0 saturated heterocycles. The molecule has 114 valence electrons. The van der Waals surface area contributed by atoms with Crippen molar-refractivity contribution in [3.63, 3.8) is 0 Å². The molecule has 0 aliphatic carbocycles. The monoisotopic (exact) mass is 296 g/mol. The Morgan fingerprint density at radius 3 is 2.32 bits per heavy atom. The summed E-state index contributed by atoms with van der Waals surface area (Å²) in [6.45, 7) is 5.66. The van der Waals surface area contributed by atoms with Crippen LogP contribution in [0.2, 0.25) is 0 Å². The minimum absolute atomic E-state index is 0.0574. The summed E-state index contributed by atoms with van der Waals surface area (Å²) in [5, 5.41) is 5.64. The van der Waals surface area contributed by atoms with Gasteiger partial charge >= 0.3 is 0 Å². The maximum atomic E-state index is 12.4. The van der Waals surface area contributed by atoms with Gasteiger partial charge in [0.2, 0.25) is 5.91 Å². The van der Waals surface area contributed by atoms with Crippen LogP contribution in [0.25, 0.3) is 0 Å². The molecule has 0 aliphatic rings. The van der Waals surface area contributed by atoms with Gasteiger partial charge in [0.1, 0.15) is 0 Å². The smallest absolute Gasteiger partial charge is 0.255 e. The highest BCUT2D eigenvalue weighted by atomic mass is 16.2. The van der Waals surface area contributed by atoms with Crippen LogP contribution in [-0.4, -0.2) is 11.8 Å². The maximum Gasteiger partial charge on any atom is 0.255 e. The molecular formula is C18H20N2O2. The van der Waals surface area contributed by atoms with Crippen LogP contribution in [0.5, 0.6) is 0 Å². The van der Waals surface area contributed by atoms with Crippen LogP contribution < -0.4 is 10.6 Å². The topological polar surface area (TPSA) is 58.2 Å². The van der Waals surface area contributed by atoms with Crippen LogP contribution in [0, 0.1) is 13.8 Å². The van der Waals surface area contributed by atoms with Crippen molar-refractivity contribution < 1.29 is 9.59 Å². The molecule has 0 heterocycles. The van der Waals surface area contributed by atoms with E-state index in [-0.39, 0.29) is 11.8 Å². The normalized spacial score (nSPS) is 10.1. The zero-order chi connectivity index (χ0) is 16.1. The molecule has 2 rings (SSSR count). The van der Waals surface area contributed by atoms with Crippen LogP contribution in [0.15, 0.2) is 42.5 Å². The lowest BCUT2D eigenvalue weighted by Crippen LogP contribution is -2.14. The summed E-state index contributed by atoms with van der Waals surface area (Å²) in [6.07, 6.45) is 0.416. The van der Waals surface area contributed by atoms with Crippen LogP contribution in [0.1, 0.15) is 34.8 Å². The molecule has 0 saturated carbocycles. The Bertz CT molecular complexity index is 708. The van der Waals surface area contributed by atoms with Gasteiger partial charge in [-0.05, 0) is 43.7 Å². The largest absolute Gasteiger partial charge is 0.326 e. The third-order valence-electron chi connectivity index (χ3n) is 3.36. The lowest BCUT2D eigenvalue weighted by Gasteiger charge is -2.10. The van der Waals surface area contributed by atoms with E-state index in [1.54, 1.807) is 31.2 Å². The molecule has 0 atom stereocenters. The highest BCUT2D eigenvalue weighted by Crippen LogP contribution is 2.18. The zero-order valence-corrected chi connectivity index (χ0v) is 13.1. The number of amides is 2. The van der Waals surface area contributed by atoms with Crippen molar-refractivity contribution in [1.29, 1.82) is 0 Å². The predicted octanol–water partition coefficient (Wildman–Crippen LogP) is 3.90. The Morgan fingerprint density at radius 2 is 1.64 bits per heavy atom. The molecule has 2 aromatic rings. The quantitative estimate of drug-likeness (QED) is 0.899. The van der Waals surface area contributed by atoms with Crippen LogP contribution in [0.3, 0.4) is 0 Å². The van der Waals surface area contributed by atoms with Crippen molar-refractivity contribution in [3.05, 3.63) is 59.2 Å². The molecule has 0 fully saturated rings. The van der Waals surface area contributed by atoms with E-state index in [4.69, 9.17) is 0 Å². The molecule has 22 heavy (non-hydrogen) atoms. The molecule has 4 heteroatoms. The van der Waals surface area contributed by atoms with Gasteiger partial charge in [-0.15, -0.1) is 0 Å². The number of carbonyl (C=O) groups excluding carboxylic acids is 2. The Morgan fingerprint density at radius 1 is 0.955 bits per heavy atom. The molecule has 0 bridgehead atoms. The summed E-state index contributed by atoms with van der Waals surface area (Å²) in [4.78, 5) is 23.8. The fraction of sp³-hybridized carbons (Fsp3) is 0.222. The first-order valence-corrected chi connectivity index (χ1v) is 7.28. The summed E-state index contributed by atoms with van der Waals surface area (Å²) >= 11 is 0. The average molecular weight is 296 g/mol. The fourth-order valence-corrected chi connectivity index (χ4v) is 2.10. The van der Waals surface area contributed by atoms with Gasteiger partial charge in [0.05, 0.1) is 0 Å². The van der Waals surface area contributed by atoms with Gasteiger partial charge in [0.15, 0.2) is 0 Å². The minimum Gasteiger partial charge on any atom is -0.326 e. The molecule has 0 unspecified atom stereocenters. The van der Waals surface area contributed by atoms with E-state index < -0.39 is 0 Å². The number of nitrogens with one attached hydrogen (secondary N) is 2. The number of carbonyl (C=O) groups is 2. The van der Waals surface area contributed by atoms with E-state index in [9.17, 15) is 9.59 Å². The van der Waals surface area contributed by atoms with Gasteiger partial charge in [0, 0.05) is 23.4 Å². The van der Waals surface area contributed by atoms with Crippen molar-refractivity contribution in [3.8, 4) is 0 Å². The highest BCUT2D eigenvalue weighted by molar-refractivity contribution is 6.05. The van der Waals surface area contributed by atoms with E-state index >= 15 is 0 Å². The molecule has 0 radical (unpaired) electrons. The molecule has 0 aromatic heterocycles. The molecule has 0 spiro atoms. The van der Waals surface area contributed by atoms with Crippen LogP contribution >= 0.6 is 0 Å². The SMILES string of the molecule is CCC(=O)Nc1cccc(NC(=O)c2cc(C)ccc2C)c1. The van der Waals surface area contributed by atoms with Crippen LogP contribution in [0.4, 0.5) is 11.4 Å². The van der Waals surface area contributed by atoms with Crippen molar-refractivity contribution in [1.82, 2.24) is 0 Å². The molecular weight excluding hydrogens is 276 g/mol. The first-order chi connectivity index (χ1) is 10.5. The van der Waals surface area contributed by atoms with Crippen molar-refractivity contribution in [2.45, 2.75) is 27.2 Å². The van der Waals surface area contributed by atoms with Gasteiger partial charge in [0.25, 0.3) is 5.91 Å². The summed E-state index contributed by atoms with van der Waals surface area (Å²) in [5.41, 5.74) is 3.95. The zero-order valence-electron chi connectivity index (χ0n) is 13.1. The van der Waals surface area contributed by atoms with Crippen molar-refractivity contribution in [2.24, 2.45) is 0 Å². The summed E-state index contributed by atoms with van der Waals surface area (Å²) in [6, 6.07) is 12.9. The lowest BCUT2D eigenvalue weighted by molar-refractivity contribution is -0.115. The van der Waals surface area contributed by atoms with Gasteiger partial charge in [-0.3, -0.25) is 9.59 Å². The van der Waals surface area contributed by atoms with E-state index in [1.165, 1.54) is 0 Å². The second kappa shape index (κ2) is 6.89. The predicted molar refractivity (Wildman–Crippen MR) is 89.2 cm³/mol. The second-order valence-electron chi connectivity index (χ2n) is 5.26. The number of hydrogen-bond acceptors (Lipinski definition) is 2. The number of aryl methyl sites for hydroxylation is 2. The van der Waals surface area contributed by atoms with Gasteiger partial charge < -0.3 is 10.6 Å². The molecule has 0 aliphatic heterocycles. The molecule has 2 aromatic carbocycles. The van der Waals surface area contributed by atoms with E-state index in [0.717, 1.165) is 11.1 Å². The van der Waals surface area contributed by atoms with Gasteiger partial charge in [-0.2, -0.15) is 0 Å². The van der Waals surface area contributed by atoms with Crippen LogP contribution in [-0.2, 0) is 4.79 Å².